The Morgan fingerprint density at radius 1 is 0.941 bits per heavy atom. The number of carbonyl (C=O) groups is 2. The van der Waals surface area contributed by atoms with Gasteiger partial charge in [0.05, 0.1) is 6.42 Å². The summed E-state index contributed by atoms with van der Waals surface area (Å²) in [5.74, 6) is -0.250. The highest BCUT2D eigenvalue weighted by Crippen LogP contribution is 2.20. The first-order valence-corrected chi connectivity index (χ1v) is 12.7. The summed E-state index contributed by atoms with van der Waals surface area (Å²) < 4.78 is 0.929. The van der Waals surface area contributed by atoms with E-state index < -0.39 is 6.04 Å². The Kier molecular flexibility index (Phi) is 9.73. The highest BCUT2D eigenvalue weighted by molar-refractivity contribution is 9.10. The van der Waals surface area contributed by atoms with Crippen LogP contribution in [0.2, 0.25) is 5.02 Å². The zero-order chi connectivity index (χ0) is 24.5. The van der Waals surface area contributed by atoms with Gasteiger partial charge in [0.25, 0.3) is 0 Å². The molecule has 34 heavy (non-hydrogen) atoms. The molecule has 6 heteroatoms. The topological polar surface area (TPSA) is 49.4 Å². The maximum Gasteiger partial charge on any atom is 0.243 e. The molecule has 0 saturated carbocycles. The number of nitrogens with one attached hydrogen (secondary N) is 1. The molecule has 0 fully saturated rings. The lowest BCUT2D eigenvalue weighted by molar-refractivity contribution is -0.141. The van der Waals surface area contributed by atoms with Gasteiger partial charge in [0.1, 0.15) is 6.04 Å². The van der Waals surface area contributed by atoms with Gasteiger partial charge in [0, 0.05) is 28.5 Å². The van der Waals surface area contributed by atoms with E-state index in [4.69, 9.17) is 11.6 Å². The SMILES string of the molecule is CC[C@H](C)NC(=O)[C@@H](Cc1ccccc1)N(Cc1cccc(Br)c1)C(=O)Cc1ccc(Cl)cc1. The zero-order valence-electron chi connectivity index (χ0n) is 19.5. The molecule has 3 aromatic rings. The number of halogens is 2. The van der Waals surface area contributed by atoms with Crippen molar-refractivity contribution in [3.05, 3.63) is 105 Å². The molecule has 0 heterocycles. The van der Waals surface area contributed by atoms with E-state index in [0.29, 0.717) is 18.0 Å². The maximum absolute atomic E-state index is 13.7. The minimum absolute atomic E-state index is 0.0184. The molecule has 178 valence electrons. The van der Waals surface area contributed by atoms with Crippen LogP contribution in [0.25, 0.3) is 0 Å². The lowest BCUT2D eigenvalue weighted by atomic mass is 10.0. The van der Waals surface area contributed by atoms with Crippen molar-refractivity contribution in [2.24, 2.45) is 0 Å². The highest BCUT2D eigenvalue weighted by atomic mass is 79.9. The molecule has 0 spiro atoms. The van der Waals surface area contributed by atoms with E-state index in [1.165, 1.54) is 0 Å². The van der Waals surface area contributed by atoms with Crippen LogP contribution in [0.1, 0.15) is 37.0 Å². The van der Waals surface area contributed by atoms with Crippen molar-refractivity contribution in [1.29, 1.82) is 0 Å². The lowest BCUT2D eigenvalue weighted by Gasteiger charge is -2.32. The van der Waals surface area contributed by atoms with Crippen LogP contribution in [-0.2, 0) is 29.0 Å². The van der Waals surface area contributed by atoms with Crippen molar-refractivity contribution in [2.45, 2.75) is 51.7 Å². The van der Waals surface area contributed by atoms with Crippen molar-refractivity contribution in [2.75, 3.05) is 0 Å². The smallest absolute Gasteiger partial charge is 0.243 e. The summed E-state index contributed by atoms with van der Waals surface area (Å²) in [6.07, 6.45) is 1.44. The minimum atomic E-state index is -0.643. The maximum atomic E-state index is 13.7. The van der Waals surface area contributed by atoms with Gasteiger partial charge in [-0.1, -0.05) is 89.1 Å². The standard InChI is InChI=1S/C28H30BrClN2O2/c1-3-20(2)31-28(34)26(17-21-8-5-4-6-9-21)32(19-23-10-7-11-24(29)16-23)27(33)18-22-12-14-25(30)15-13-22/h4-16,20,26H,3,17-19H2,1-2H3,(H,31,34)/t20-,26+/m0/s1. The molecule has 0 unspecified atom stereocenters. The Balaban J connectivity index is 1.96. The number of benzene rings is 3. The average molecular weight is 542 g/mol. The first-order valence-electron chi connectivity index (χ1n) is 11.5. The van der Waals surface area contributed by atoms with Crippen molar-refractivity contribution >= 4 is 39.3 Å². The summed E-state index contributed by atoms with van der Waals surface area (Å²) in [5, 5.41) is 3.72. The largest absolute Gasteiger partial charge is 0.352 e. The second-order valence-corrected chi connectivity index (χ2v) is 9.83. The summed E-state index contributed by atoms with van der Waals surface area (Å²) >= 11 is 9.54. The highest BCUT2D eigenvalue weighted by Gasteiger charge is 2.31. The van der Waals surface area contributed by atoms with Crippen LogP contribution in [0.15, 0.2) is 83.3 Å². The predicted molar refractivity (Wildman–Crippen MR) is 142 cm³/mol. The van der Waals surface area contributed by atoms with Crippen molar-refractivity contribution in [3.63, 3.8) is 0 Å². The number of hydrogen-bond acceptors (Lipinski definition) is 2. The van der Waals surface area contributed by atoms with Crippen LogP contribution in [0, 0.1) is 0 Å². The second-order valence-electron chi connectivity index (χ2n) is 8.48. The van der Waals surface area contributed by atoms with Gasteiger partial charge in [-0.2, -0.15) is 0 Å². The van der Waals surface area contributed by atoms with E-state index in [1.807, 2.05) is 80.6 Å². The number of nitrogens with zero attached hydrogens (tertiary/aromatic N) is 1. The van der Waals surface area contributed by atoms with Gasteiger partial charge >= 0.3 is 0 Å². The average Bonchev–Trinajstić information content (AvgIpc) is 2.83. The van der Waals surface area contributed by atoms with Crippen LogP contribution < -0.4 is 5.32 Å². The molecular formula is C28H30BrClN2O2. The van der Waals surface area contributed by atoms with E-state index in [1.54, 1.807) is 17.0 Å². The summed E-state index contributed by atoms with van der Waals surface area (Å²) in [4.78, 5) is 28.9. The van der Waals surface area contributed by atoms with Gasteiger partial charge in [0.2, 0.25) is 11.8 Å². The van der Waals surface area contributed by atoms with Gasteiger partial charge in [0.15, 0.2) is 0 Å². The molecule has 4 nitrogen and oxygen atoms in total. The van der Waals surface area contributed by atoms with Crippen molar-refractivity contribution < 1.29 is 9.59 Å². The quantitative estimate of drug-likeness (QED) is 0.332. The fourth-order valence-electron chi connectivity index (χ4n) is 3.71. The minimum Gasteiger partial charge on any atom is -0.352 e. The molecule has 3 aromatic carbocycles. The first-order chi connectivity index (χ1) is 16.4. The van der Waals surface area contributed by atoms with E-state index >= 15 is 0 Å². The molecule has 0 aliphatic rings. The molecule has 3 rings (SSSR count). The Hall–Kier alpha value is -2.63. The summed E-state index contributed by atoms with van der Waals surface area (Å²) in [7, 11) is 0. The van der Waals surface area contributed by atoms with Gasteiger partial charge in [-0.3, -0.25) is 9.59 Å². The number of amides is 2. The van der Waals surface area contributed by atoms with Crippen molar-refractivity contribution in [3.8, 4) is 0 Å². The second kappa shape index (κ2) is 12.7. The van der Waals surface area contributed by atoms with E-state index in [2.05, 4.69) is 21.2 Å². The Morgan fingerprint density at radius 3 is 2.26 bits per heavy atom. The Labute approximate surface area is 215 Å². The molecule has 0 aliphatic heterocycles. The van der Waals surface area contributed by atoms with E-state index in [9.17, 15) is 9.59 Å². The molecule has 1 N–H and O–H groups in total. The summed E-state index contributed by atoms with van der Waals surface area (Å²) in [6.45, 7) is 4.34. The molecule has 0 aromatic heterocycles. The number of hydrogen-bond donors (Lipinski definition) is 1. The molecule has 0 radical (unpaired) electrons. The Bertz CT molecular complexity index is 1090. The van der Waals surface area contributed by atoms with Crippen molar-refractivity contribution in [1.82, 2.24) is 10.2 Å². The van der Waals surface area contributed by atoms with Crippen LogP contribution in [0.5, 0.6) is 0 Å². The third-order valence-corrected chi connectivity index (χ3v) is 6.53. The van der Waals surface area contributed by atoms with Crippen LogP contribution in [-0.4, -0.2) is 28.8 Å². The third-order valence-electron chi connectivity index (χ3n) is 5.78. The monoisotopic (exact) mass is 540 g/mol. The van der Waals surface area contributed by atoms with Gasteiger partial charge < -0.3 is 10.2 Å². The van der Waals surface area contributed by atoms with Gasteiger partial charge in [-0.15, -0.1) is 0 Å². The van der Waals surface area contributed by atoms with Gasteiger partial charge in [-0.05, 0) is 54.3 Å². The molecule has 0 aliphatic carbocycles. The molecule has 0 saturated heterocycles. The van der Waals surface area contributed by atoms with E-state index in [0.717, 1.165) is 27.6 Å². The third kappa shape index (κ3) is 7.71. The van der Waals surface area contributed by atoms with Crippen LogP contribution >= 0.6 is 27.5 Å². The molecule has 0 bridgehead atoms. The Morgan fingerprint density at radius 2 is 1.62 bits per heavy atom. The lowest BCUT2D eigenvalue weighted by Crippen LogP contribution is -2.52. The summed E-state index contributed by atoms with van der Waals surface area (Å²) in [6, 6.07) is 24.3. The van der Waals surface area contributed by atoms with E-state index in [-0.39, 0.29) is 24.3 Å². The normalized spacial score (nSPS) is 12.6. The molecule has 2 amide bonds. The first kappa shape index (κ1) is 26.0. The fraction of sp³-hybridized carbons (Fsp3) is 0.286. The number of rotatable bonds is 10. The predicted octanol–water partition coefficient (Wildman–Crippen LogP) is 6.20. The molecule has 2 atom stereocenters. The van der Waals surface area contributed by atoms with Crippen LogP contribution in [0.4, 0.5) is 0 Å². The van der Waals surface area contributed by atoms with Crippen LogP contribution in [0.3, 0.4) is 0 Å². The molecular weight excluding hydrogens is 512 g/mol. The summed E-state index contributed by atoms with van der Waals surface area (Å²) in [5.41, 5.74) is 2.81. The number of carbonyl (C=O) groups excluding carboxylic acids is 2. The van der Waals surface area contributed by atoms with Gasteiger partial charge in [-0.25, -0.2) is 0 Å². The fourth-order valence-corrected chi connectivity index (χ4v) is 4.28. The zero-order valence-corrected chi connectivity index (χ0v) is 21.9.